The van der Waals surface area contributed by atoms with Crippen molar-refractivity contribution in [1.29, 1.82) is 0 Å². The minimum atomic E-state index is -1.11. The highest BCUT2D eigenvalue weighted by atomic mass is 32.1. The predicted octanol–water partition coefficient (Wildman–Crippen LogP) is 1.77. The van der Waals surface area contributed by atoms with E-state index in [1.165, 1.54) is 11.3 Å². The molecule has 0 spiro atoms. The van der Waals surface area contributed by atoms with Crippen LogP contribution in [0.25, 0.3) is 0 Å². The standard InChI is InChI=1S/C13H13N3O3S/c17-12(18)11(9-4-2-1-3-5-9)16-13(19)15-7-10-6-14-8-20-10/h1-6,8,11H,7H2,(H,17,18)(H2,15,16,19)/t11-/m1/s1. The molecule has 104 valence electrons. The first-order valence-electron chi connectivity index (χ1n) is 5.86. The average molecular weight is 291 g/mol. The number of benzene rings is 1. The third kappa shape index (κ3) is 3.79. The SMILES string of the molecule is O=C(NCc1cncs1)N[C@@H](C(=O)O)c1ccccc1. The summed E-state index contributed by atoms with van der Waals surface area (Å²) in [7, 11) is 0. The molecule has 0 saturated heterocycles. The fourth-order valence-corrected chi connectivity index (χ4v) is 2.15. The molecule has 0 radical (unpaired) electrons. The Morgan fingerprint density at radius 2 is 2.05 bits per heavy atom. The Labute approximate surface area is 119 Å². The van der Waals surface area contributed by atoms with Crippen molar-refractivity contribution in [3.05, 3.63) is 52.5 Å². The van der Waals surface area contributed by atoms with Crippen molar-refractivity contribution in [1.82, 2.24) is 15.6 Å². The Morgan fingerprint density at radius 3 is 2.65 bits per heavy atom. The van der Waals surface area contributed by atoms with Crippen molar-refractivity contribution in [3.8, 4) is 0 Å². The number of nitrogens with zero attached hydrogens (tertiary/aromatic N) is 1. The van der Waals surface area contributed by atoms with Gasteiger partial charge in [-0.15, -0.1) is 11.3 Å². The van der Waals surface area contributed by atoms with E-state index in [0.29, 0.717) is 12.1 Å². The van der Waals surface area contributed by atoms with Crippen LogP contribution >= 0.6 is 11.3 Å². The molecule has 0 fully saturated rings. The molecule has 7 heteroatoms. The van der Waals surface area contributed by atoms with Crippen molar-refractivity contribution < 1.29 is 14.7 Å². The molecule has 2 aromatic rings. The van der Waals surface area contributed by atoms with Crippen molar-refractivity contribution in [2.75, 3.05) is 0 Å². The summed E-state index contributed by atoms with van der Waals surface area (Å²) < 4.78 is 0. The summed E-state index contributed by atoms with van der Waals surface area (Å²) in [5.74, 6) is -1.11. The Morgan fingerprint density at radius 1 is 1.30 bits per heavy atom. The van der Waals surface area contributed by atoms with Crippen LogP contribution in [0.1, 0.15) is 16.5 Å². The second kappa shape index (κ2) is 6.67. The highest BCUT2D eigenvalue weighted by molar-refractivity contribution is 7.09. The van der Waals surface area contributed by atoms with Gasteiger partial charge in [0.15, 0.2) is 6.04 Å². The number of carboxylic acids is 1. The molecule has 0 unspecified atom stereocenters. The first-order valence-corrected chi connectivity index (χ1v) is 6.74. The zero-order valence-corrected chi connectivity index (χ0v) is 11.3. The van der Waals surface area contributed by atoms with E-state index < -0.39 is 18.0 Å². The van der Waals surface area contributed by atoms with E-state index in [1.807, 2.05) is 0 Å². The summed E-state index contributed by atoms with van der Waals surface area (Å²) in [6, 6.07) is 6.94. The lowest BCUT2D eigenvalue weighted by Crippen LogP contribution is -2.40. The van der Waals surface area contributed by atoms with E-state index in [0.717, 1.165) is 4.88 Å². The number of hydrogen-bond donors (Lipinski definition) is 3. The van der Waals surface area contributed by atoms with Crippen molar-refractivity contribution in [2.24, 2.45) is 0 Å². The molecule has 0 bridgehead atoms. The maximum atomic E-state index is 11.7. The van der Waals surface area contributed by atoms with Crippen LogP contribution < -0.4 is 10.6 Å². The molecule has 0 aliphatic carbocycles. The number of aromatic nitrogens is 1. The maximum Gasteiger partial charge on any atom is 0.330 e. The molecule has 2 amide bonds. The van der Waals surface area contributed by atoms with Crippen molar-refractivity contribution in [3.63, 3.8) is 0 Å². The first-order chi connectivity index (χ1) is 9.66. The Balaban J connectivity index is 1.95. The first kappa shape index (κ1) is 14.0. The second-order valence-electron chi connectivity index (χ2n) is 3.98. The van der Waals surface area contributed by atoms with Gasteiger partial charge in [-0.1, -0.05) is 30.3 Å². The summed E-state index contributed by atoms with van der Waals surface area (Å²) >= 11 is 1.42. The van der Waals surface area contributed by atoms with E-state index >= 15 is 0 Å². The van der Waals surface area contributed by atoms with E-state index in [4.69, 9.17) is 0 Å². The number of carbonyl (C=O) groups excluding carboxylic acids is 1. The van der Waals surface area contributed by atoms with Crippen LogP contribution in [0.5, 0.6) is 0 Å². The Bertz CT molecular complexity index is 572. The minimum Gasteiger partial charge on any atom is -0.479 e. The molecule has 1 heterocycles. The number of hydrogen-bond acceptors (Lipinski definition) is 4. The van der Waals surface area contributed by atoms with Gasteiger partial charge in [-0.3, -0.25) is 4.98 Å². The number of carbonyl (C=O) groups is 2. The molecule has 0 aliphatic rings. The van der Waals surface area contributed by atoms with Crippen LogP contribution in [0.2, 0.25) is 0 Å². The molecule has 1 aromatic heterocycles. The quantitative estimate of drug-likeness (QED) is 0.783. The lowest BCUT2D eigenvalue weighted by molar-refractivity contribution is -0.139. The molecule has 0 aliphatic heterocycles. The van der Waals surface area contributed by atoms with Crippen molar-refractivity contribution >= 4 is 23.3 Å². The number of rotatable bonds is 5. The molecule has 1 aromatic carbocycles. The van der Waals surface area contributed by atoms with E-state index in [9.17, 15) is 14.7 Å². The van der Waals surface area contributed by atoms with Gasteiger partial charge >= 0.3 is 12.0 Å². The van der Waals surface area contributed by atoms with Crippen LogP contribution in [0.15, 0.2) is 42.0 Å². The van der Waals surface area contributed by atoms with Gasteiger partial charge in [-0.25, -0.2) is 9.59 Å². The highest BCUT2D eigenvalue weighted by Gasteiger charge is 2.21. The van der Waals surface area contributed by atoms with Crippen molar-refractivity contribution in [2.45, 2.75) is 12.6 Å². The molecule has 3 N–H and O–H groups in total. The molecule has 20 heavy (non-hydrogen) atoms. The molecular formula is C13H13N3O3S. The lowest BCUT2D eigenvalue weighted by atomic mass is 10.1. The van der Waals surface area contributed by atoms with Gasteiger partial charge < -0.3 is 15.7 Å². The monoisotopic (exact) mass is 291 g/mol. The zero-order chi connectivity index (χ0) is 14.4. The van der Waals surface area contributed by atoms with Crippen LogP contribution in [0.4, 0.5) is 4.79 Å². The molecule has 2 rings (SSSR count). The van der Waals surface area contributed by atoms with E-state index in [-0.39, 0.29) is 0 Å². The summed E-state index contributed by atoms with van der Waals surface area (Å²) in [5, 5.41) is 14.2. The van der Waals surface area contributed by atoms with Gasteiger partial charge in [0.05, 0.1) is 12.1 Å². The second-order valence-corrected chi connectivity index (χ2v) is 4.95. The average Bonchev–Trinajstić information content (AvgIpc) is 2.96. The van der Waals surface area contributed by atoms with Crippen LogP contribution in [-0.2, 0) is 11.3 Å². The normalized spacial score (nSPS) is 11.6. The number of nitrogens with one attached hydrogen (secondary N) is 2. The predicted molar refractivity (Wildman–Crippen MR) is 74.3 cm³/mol. The van der Waals surface area contributed by atoms with Gasteiger partial charge in [0.25, 0.3) is 0 Å². The smallest absolute Gasteiger partial charge is 0.330 e. The van der Waals surface area contributed by atoms with Gasteiger partial charge in [0.2, 0.25) is 0 Å². The lowest BCUT2D eigenvalue weighted by Gasteiger charge is -2.15. The van der Waals surface area contributed by atoms with Gasteiger partial charge in [-0.05, 0) is 5.56 Å². The number of amides is 2. The number of thiazole rings is 1. The fraction of sp³-hybridized carbons (Fsp3) is 0.154. The fourth-order valence-electron chi connectivity index (χ4n) is 1.61. The summed E-state index contributed by atoms with van der Waals surface area (Å²) in [5.41, 5.74) is 2.19. The van der Waals surface area contributed by atoms with Gasteiger partial charge in [0.1, 0.15) is 0 Å². The largest absolute Gasteiger partial charge is 0.479 e. The number of carboxylic acid groups (broad SMARTS) is 1. The van der Waals surface area contributed by atoms with Gasteiger partial charge in [-0.2, -0.15) is 0 Å². The Kier molecular flexibility index (Phi) is 4.67. The zero-order valence-electron chi connectivity index (χ0n) is 10.4. The summed E-state index contributed by atoms with van der Waals surface area (Å²) in [6.07, 6.45) is 1.65. The van der Waals surface area contributed by atoms with E-state index in [1.54, 1.807) is 42.0 Å². The molecular weight excluding hydrogens is 278 g/mol. The third-order valence-electron chi connectivity index (χ3n) is 2.56. The molecule has 1 atom stereocenters. The van der Waals surface area contributed by atoms with Crippen LogP contribution in [0.3, 0.4) is 0 Å². The highest BCUT2D eigenvalue weighted by Crippen LogP contribution is 2.12. The Hall–Kier alpha value is -2.41. The number of aliphatic carboxylic acids is 1. The third-order valence-corrected chi connectivity index (χ3v) is 3.34. The molecule has 0 saturated carbocycles. The van der Waals surface area contributed by atoms with Crippen LogP contribution in [0, 0.1) is 0 Å². The van der Waals surface area contributed by atoms with Crippen LogP contribution in [-0.4, -0.2) is 22.1 Å². The topological polar surface area (TPSA) is 91.3 Å². The summed E-state index contributed by atoms with van der Waals surface area (Å²) in [6.45, 7) is 0.317. The minimum absolute atomic E-state index is 0.317. The maximum absolute atomic E-state index is 11.7. The molecule has 6 nitrogen and oxygen atoms in total. The summed E-state index contributed by atoms with van der Waals surface area (Å²) in [4.78, 5) is 27.7. The number of urea groups is 1. The van der Waals surface area contributed by atoms with E-state index in [2.05, 4.69) is 15.6 Å². The van der Waals surface area contributed by atoms with Gasteiger partial charge in [0, 0.05) is 11.1 Å².